The van der Waals surface area contributed by atoms with E-state index in [-0.39, 0.29) is 24.2 Å². The van der Waals surface area contributed by atoms with Crippen molar-refractivity contribution in [1.82, 2.24) is 15.5 Å². The zero-order valence-corrected chi connectivity index (χ0v) is 12.5. The Balaban J connectivity index is 1.65. The number of hydrogen-bond acceptors (Lipinski definition) is 4. The molecule has 0 fully saturated rings. The fourth-order valence-corrected chi connectivity index (χ4v) is 2.12. The molecule has 3 rings (SSSR count). The summed E-state index contributed by atoms with van der Waals surface area (Å²) in [6.45, 7) is 0.107. The van der Waals surface area contributed by atoms with Crippen LogP contribution in [0.15, 0.2) is 53.1 Å². The van der Waals surface area contributed by atoms with Crippen LogP contribution in [0.25, 0.3) is 11.5 Å². The molecule has 7 heteroatoms. The molecule has 2 aromatic carbocycles. The number of nitrogens with one attached hydrogen (secondary N) is 1. The Hall–Kier alpha value is -2.73. The van der Waals surface area contributed by atoms with Gasteiger partial charge in [0.05, 0.1) is 6.54 Å². The second-order valence-corrected chi connectivity index (χ2v) is 5.15. The largest absolute Gasteiger partial charge is 0.345 e. The summed E-state index contributed by atoms with van der Waals surface area (Å²) in [5, 5.41) is 6.93. The van der Waals surface area contributed by atoms with Crippen LogP contribution in [0.4, 0.5) is 4.39 Å². The van der Waals surface area contributed by atoms with E-state index < -0.39 is 0 Å². The SMILES string of the molecule is O=C(NCc1noc(-c2ccc(F)cc2)n1)c1cccc(Cl)c1. The Bertz CT molecular complexity index is 833. The molecule has 1 heterocycles. The van der Waals surface area contributed by atoms with Crippen molar-refractivity contribution < 1.29 is 13.7 Å². The lowest BCUT2D eigenvalue weighted by Crippen LogP contribution is -2.23. The number of amides is 1. The summed E-state index contributed by atoms with van der Waals surface area (Å²) in [6, 6.07) is 12.3. The van der Waals surface area contributed by atoms with Gasteiger partial charge in [0.1, 0.15) is 5.82 Å². The zero-order valence-electron chi connectivity index (χ0n) is 11.8. The quantitative estimate of drug-likeness (QED) is 0.795. The molecular weight excluding hydrogens is 321 g/mol. The predicted octanol–water partition coefficient (Wildman–Crippen LogP) is 3.46. The molecule has 0 aliphatic carbocycles. The van der Waals surface area contributed by atoms with Gasteiger partial charge in [-0.05, 0) is 42.5 Å². The van der Waals surface area contributed by atoms with E-state index in [0.717, 1.165) is 0 Å². The summed E-state index contributed by atoms with van der Waals surface area (Å²) in [5.74, 6) is -0.0559. The number of aromatic nitrogens is 2. The highest BCUT2D eigenvalue weighted by Gasteiger charge is 2.11. The number of halogens is 2. The van der Waals surface area contributed by atoms with Gasteiger partial charge in [-0.25, -0.2) is 4.39 Å². The van der Waals surface area contributed by atoms with Crippen LogP contribution < -0.4 is 5.32 Å². The molecule has 0 unspecified atom stereocenters. The zero-order chi connectivity index (χ0) is 16.2. The highest BCUT2D eigenvalue weighted by molar-refractivity contribution is 6.30. The molecular formula is C16H11ClFN3O2. The molecule has 0 saturated heterocycles. The van der Waals surface area contributed by atoms with Gasteiger partial charge in [0.15, 0.2) is 5.82 Å². The van der Waals surface area contributed by atoms with Crippen molar-refractivity contribution in [2.75, 3.05) is 0 Å². The average Bonchev–Trinajstić information content (AvgIpc) is 3.02. The molecule has 5 nitrogen and oxygen atoms in total. The van der Waals surface area contributed by atoms with E-state index in [4.69, 9.17) is 16.1 Å². The van der Waals surface area contributed by atoms with Crippen molar-refractivity contribution >= 4 is 17.5 Å². The van der Waals surface area contributed by atoms with Crippen molar-refractivity contribution in [1.29, 1.82) is 0 Å². The van der Waals surface area contributed by atoms with Gasteiger partial charge < -0.3 is 9.84 Å². The van der Waals surface area contributed by atoms with Crippen molar-refractivity contribution in [2.24, 2.45) is 0 Å². The number of rotatable bonds is 4. The summed E-state index contributed by atoms with van der Waals surface area (Å²) in [5.41, 5.74) is 1.05. The van der Waals surface area contributed by atoms with E-state index in [1.165, 1.54) is 24.3 Å². The number of carbonyl (C=O) groups excluding carboxylic acids is 1. The maximum Gasteiger partial charge on any atom is 0.257 e. The first-order valence-electron chi connectivity index (χ1n) is 6.74. The summed E-state index contributed by atoms with van der Waals surface area (Å²) in [7, 11) is 0. The Kier molecular flexibility index (Phi) is 4.34. The van der Waals surface area contributed by atoms with Crippen LogP contribution in [-0.2, 0) is 6.54 Å². The summed E-state index contributed by atoms with van der Waals surface area (Å²) in [6.07, 6.45) is 0. The Labute approximate surface area is 136 Å². The van der Waals surface area contributed by atoms with Crippen molar-refractivity contribution in [2.45, 2.75) is 6.54 Å². The number of carbonyl (C=O) groups is 1. The standard InChI is InChI=1S/C16H11ClFN3O2/c17-12-3-1-2-11(8-12)15(22)19-9-14-20-16(23-21-14)10-4-6-13(18)7-5-10/h1-8H,9H2,(H,19,22). The van der Waals surface area contributed by atoms with Gasteiger partial charge in [-0.2, -0.15) is 4.98 Å². The van der Waals surface area contributed by atoms with E-state index in [1.807, 2.05) is 0 Å². The predicted molar refractivity (Wildman–Crippen MR) is 82.3 cm³/mol. The maximum absolute atomic E-state index is 12.9. The Morgan fingerprint density at radius 2 is 2.00 bits per heavy atom. The van der Waals surface area contributed by atoms with E-state index in [9.17, 15) is 9.18 Å². The summed E-state index contributed by atoms with van der Waals surface area (Å²) >= 11 is 5.84. The lowest BCUT2D eigenvalue weighted by atomic mass is 10.2. The number of nitrogens with zero attached hydrogens (tertiary/aromatic N) is 2. The van der Waals surface area contributed by atoms with Crippen molar-refractivity contribution in [3.63, 3.8) is 0 Å². The van der Waals surface area contributed by atoms with E-state index in [0.29, 0.717) is 22.0 Å². The molecule has 0 bridgehead atoms. The molecule has 1 aromatic heterocycles. The van der Waals surface area contributed by atoms with Gasteiger partial charge in [-0.15, -0.1) is 0 Å². The minimum absolute atomic E-state index is 0.107. The topological polar surface area (TPSA) is 68.0 Å². The smallest absolute Gasteiger partial charge is 0.257 e. The maximum atomic E-state index is 12.9. The summed E-state index contributed by atoms with van der Waals surface area (Å²) in [4.78, 5) is 16.1. The van der Waals surface area contributed by atoms with Crippen LogP contribution in [0.2, 0.25) is 5.02 Å². The van der Waals surface area contributed by atoms with Crippen LogP contribution >= 0.6 is 11.6 Å². The first-order chi connectivity index (χ1) is 11.1. The highest BCUT2D eigenvalue weighted by atomic mass is 35.5. The lowest BCUT2D eigenvalue weighted by Gasteiger charge is -2.02. The minimum atomic E-state index is -0.345. The normalized spacial score (nSPS) is 10.5. The van der Waals surface area contributed by atoms with Gasteiger partial charge in [0.25, 0.3) is 11.8 Å². The van der Waals surface area contributed by atoms with Gasteiger partial charge in [-0.1, -0.05) is 22.8 Å². The van der Waals surface area contributed by atoms with E-state index in [1.54, 1.807) is 24.3 Å². The van der Waals surface area contributed by atoms with Gasteiger partial charge in [-0.3, -0.25) is 4.79 Å². The van der Waals surface area contributed by atoms with Crippen LogP contribution in [0.1, 0.15) is 16.2 Å². The monoisotopic (exact) mass is 331 g/mol. The molecule has 0 radical (unpaired) electrons. The molecule has 3 aromatic rings. The highest BCUT2D eigenvalue weighted by Crippen LogP contribution is 2.17. The average molecular weight is 332 g/mol. The molecule has 0 aliphatic rings. The molecule has 0 spiro atoms. The molecule has 0 aliphatic heterocycles. The molecule has 0 saturated carbocycles. The van der Waals surface area contributed by atoms with Crippen LogP contribution in [0.5, 0.6) is 0 Å². The Morgan fingerprint density at radius 1 is 1.22 bits per heavy atom. The fraction of sp³-hybridized carbons (Fsp3) is 0.0625. The molecule has 1 N–H and O–H groups in total. The second-order valence-electron chi connectivity index (χ2n) is 4.72. The third-order valence-corrected chi connectivity index (χ3v) is 3.29. The summed E-state index contributed by atoms with van der Waals surface area (Å²) < 4.78 is 18.0. The lowest BCUT2D eigenvalue weighted by molar-refractivity contribution is 0.0949. The third-order valence-electron chi connectivity index (χ3n) is 3.05. The molecule has 0 atom stereocenters. The molecule has 1 amide bonds. The van der Waals surface area contributed by atoms with Crippen LogP contribution in [0, 0.1) is 5.82 Å². The first kappa shape index (κ1) is 15.2. The fourth-order valence-electron chi connectivity index (χ4n) is 1.93. The van der Waals surface area contributed by atoms with E-state index >= 15 is 0 Å². The number of hydrogen-bond donors (Lipinski definition) is 1. The first-order valence-corrected chi connectivity index (χ1v) is 7.12. The molecule has 23 heavy (non-hydrogen) atoms. The third kappa shape index (κ3) is 3.73. The number of benzene rings is 2. The van der Waals surface area contributed by atoms with Crippen molar-refractivity contribution in [3.05, 3.63) is 70.8 Å². The Morgan fingerprint density at radius 3 is 2.74 bits per heavy atom. The van der Waals surface area contributed by atoms with Crippen LogP contribution in [0.3, 0.4) is 0 Å². The van der Waals surface area contributed by atoms with Gasteiger partial charge in [0, 0.05) is 16.1 Å². The van der Waals surface area contributed by atoms with Crippen molar-refractivity contribution in [3.8, 4) is 11.5 Å². The molecule has 116 valence electrons. The second kappa shape index (κ2) is 6.58. The minimum Gasteiger partial charge on any atom is -0.345 e. The van der Waals surface area contributed by atoms with E-state index in [2.05, 4.69) is 15.5 Å². The van der Waals surface area contributed by atoms with Gasteiger partial charge >= 0.3 is 0 Å². The van der Waals surface area contributed by atoms with Crippen LogP contribution in [-0.4, -0.2) is 16.0 Å². The van der Waals surface area contributed by atoms with Gasteiger partial charge in [0.2, 0.25) is 0 Å².